The van der Waals surface area contributed by atoms with Crippen LogP contribution in [0.5, 0.6) is 0 Å². The summed E-state index contributed by atoms with van der Waals surface area (Å²) in [6, 6.07) is 12.6. The average molecular weight is 494 g/mol. The number of hydrogen-bond donors (Lipinski definition) is 1. The highest BCUT2D eigenvalue weighted by atomic mass is 35.5. The van der Waals surface area contributed by atoms with Crippen LogP contribution in [-0.2, 0) is 26.2 Å². The summed E-state index contributed by atoms with van der Waals surface area (Å²) in [6.07, 6.45) is 0. The zero-order valence-electron chi connectivity index (χ0n) is 19.7. The van der Waals surface area contributed by atoms with Gasteiger partial charge in [-0.3, -0.25) is 9.59 Å². The summed E-state index contributed by atoms with van der Waals surface area (Å²) in [5.74, 6) is -0.492. The van der Waals surface area contributed by atoms with Gasteiger partial charge in [-0.25, -0.2) is 8.42 Å². The molecule has 7 nitrogen and oxygen atoms in total. The number of rotatable bonds is 10. The molecule has 0 aliphatic rings. The van der Waals surface area contributed by atoms with E-state index in [2.05, 4.69) is 5.32 Å². The minimum Gasteiger partial charge on any atom is -0.354 e. The van der Waals surface area contributed by atoms with Gasteiger partial charge in [-0.15, -0.1) is 0 Å². The second kappa shape index (κ2) is 11.6. The van der Waals surface area contributed by atoms with Crippen molar-refractivity contribution in [2.24, 2.45) is 5.92 Å². The van der Waals surface area contributed by atoms with Gasteiger partial charge in [0.1, 0.15) is 6.04 Å². The van der Waals surface area contributed by atoms with Crippen molar-refractivity contribution in [3.63, 3.8) is 0 Å². The van der Waals surface area contributed by atoms with Crippen LogP contribution in [0, 0.1) is 12.8 Å². The minimum atomic E-state index is -3.90. The molecule has 0 saturated heterocycles. The predicted octanol–water partition coefficient (Wildman–Crippen LogP) is 3.46. The number of nitrogens with one attached hydrogen (secondary N) is 1. The molecule has 180 valence electrons. The van der Waals surface area contributed by atoms with E-state index in [9.17, 15) is 18.0 Å². The summed E-state index contributed by atoms with van der Waals surface area (Å²) in [6.45, 7) is 7.84. The number of aryl methyl sites for hydroxylation is 1. The standard InChI is InChI=1S/C24H32ClN3O4S/c1-17(2)14-26-24(30)19(4)28(15-20-8-6-18(3)7-9-20)23(29)16-27(5)33(31,32)22-12-10-21(25)11-13-22/h6-13,17,19H,14-16H2,1-5H3,(H,26,30). The number of sulfonamides is 1. The van der Waals surface area contributed by atoms with Crippen molar-refractivity contribution in [2.75, 3.05) is 20.1 Å². The molecule has 0 fully saturated rings. The van der Waals surface area contributed by atoms with Crippen molar-refractivity contribution in [3.8, 4) is 0 Å². The lowest BCUT2D eigenvalue weighted by Gasteiger charge is -2.30. The summed E-state index contributed by atoms with van der Waals surface area (Å²) < 4.78 is 26.8. The first kappa shape index (κ1) is 26.8. The van der Waals surface area contributed by atoms with Gasteiger partial charge in [-0.1, -0.05) is 55.3 Å². The normalized spacial score (nSPS) is 12.6. The lowest BCUT2D eigenvalue weighted by Crippen LogP contribution is -2.51. The van der Waals surface area contributed by atoms with Gasteiger partial charge in [-0.2, -0.15) is 4.31 Å². The fourth-order valence-corrected chi connectivity index (χ4v) is 4.32. The van der Waals surface area contributed by atoms with E-state index in [4.69, 9.17) is 11.6 Å². The first-order chi connectivity index (χ1) is 15.4. The molecule has 1 atom stereocenters. The quantitative estimate of drug-likeness (QED) is 0.549. The highest BCUT2D eigenvalue weighted by Crippen LogP contribution is 2.18. The molecule has 2 rings (SSSR count). The summed E-state index contributed by atoms with van der Waals surface area (Å²) in [4.78, 5) is 27.4. The fraction of sp³-hybridized carbons (Fsp3) is 0.417. The lowest BCUT2D eigenvalue weighted by atomic mass is 10.1. The molecule has 0 bridgehead atoms. The third kappa shape index (κ3) is 7.55. The third-order valence-corrected chi connectivity index (χ3v) is 7.27. The van der Waals surface area contributed by atoms with E-state index in [0.717, 1.165) is 15.4 Å². The molecule has 2 aromatic rings. The first-order valence-corrected chi connectivity index (χ1v) is 12.6. The Morgan fingerprint density at radius 2 is 1.58 bits per heavy atom. The van der Waals surface area contributed by atoms with E-state index in [0.29, 0.717) is 11.6 Å². The highest BCUT2D eigenvalue weighted by molar-refractivity contribution is 7.89. The van der Waals surface area contributed by atoms with Crippen molar-refractivity contribution >= 4 is 33.4 Å². The second-order valence-electron chi connectivity index (χ2n) is 8.54. The smallest absolute Gasteiger partial charge is 0.243 e. The Labute approximate surface area is 201 Å². The van der Waals surface area contributed by atoms with E-state index >= 15 is 0 Å². The highest BCUT2D eigenvalue weighted by Gasteiger charge is 2.30. The molecule has 0 saturated carbocycles. The molecule has 2 amide bonds. The van der Waals surface area contributed by atoms with Crippen molar-refractivity contribution < 1.29 is 18.0 Å². The Balaban J connectivity index is 2.24. The van der Waals surface area contributed by atoms with Crippen molar-refractivity contribution in [1.29, 1.82) is 0 Å². The van der Waals surface area contributed by atoms with Crippen LogP contribution in [-0.4, -0.2) is 55.6 Å². The predicted molar refractivity (Wildman–Crippen MR) is 130 cm³/mol. The Kier molecular flexibility index (Phi) is 9.46. The van der Waals surface area contributed by atoms with E-state index < -0.39 is 28.5 Å². The molecular formula is C24H32ClN3O4S. The van der Waals surface area contributed by atoms with Gasteiger partial charge in [0, 0.05) is 25.2 Å². The Bertz CT molecular complexity index is 1050. The van der Waals surface area contributed by atoms with Gasteiger partial charge in [0.25, 0.3) is 0 Å². The number of benzene rings is 2. The Hall–Kier alpha value is -2.42. The maximum atomic E-state index is 13.3. The maximum Gasteiger partial charge on any atom is 0.243 e. The summed E-state index contributed by atoms with van der Waals surface area (Å²) in [5.41, 5.74) is 1.92. The first-order valence-electron chi connectivity index (χ1n) is 10.8. The van der Waals surface area contributed by atoms with Crippen molar-refractivity contribution in [2.45, 2.75) is 45.2 Å². The number of likely N-dealkylation sites (N-methyl/N-ethyl adjacent to an activating group) is 1. The second-order valence-corrected chi connectivity index (χ2v) is 11.0. The SMILES string of the molecule is Cc1ccc(CN(C(=O)CN(C)S(=O)(=O)c2ccc(Cl)cc2)C(C)C(=O)NCC(C)C)cc1. The van der Waals surface area contributed by atoms with Crippen molar-refractivity contribution in [3.05, 3.63) is 64.7 Å². The largest absolute Gasteiger partial charge is 0.354 e. The van der Waals surface area contributed by atoms with Gasteiger partial charge in [0.05, 0.1) is 11.4 Å². The maximum absolute atomic E-state index is 13.3. The number of carbonyl (C=O) groups is 2. The van der Waals surface area contributed by atoms with Crippen LogP contribution in [0.2, 0.25) is 5.02 Å². The van der Waals surface area contributed by atoms with E-state index in [1.165, 1.54) is 36.2 Å². The fourth-order valence-electron chi connectivity index (χ4n) is 3.08. The molecule has 1 N–H and O–H groups in total. The van der Waals surface area contributed by atoms with Gasteiger partial charge >= 0.3 is 0 Å². The van der Waals surface area contributed by atoms with E-state index in [-0.39, 0.29) is 23.3 Å². The molecule has 0 heterocycles. The Morgan fingerprint density at radius 3 is 2.12 bits per heavy atom. The molecule has 2 aromatic carbocycles. The third-order valence-electron chi connectivity index (χ3n) is 5.21. The molecule has 0 spiro atoms. The van der Waals surface area contributed by atoms with Gasteiger partial charge in [0.15, 0.2) is 0 Å². The van der Waals surface area contributed by atoms with Crippen molar-refractivity contribution in [1.82, 2.24) is 14.5 Å². The molecule has 0 aromatic heterocycles. The van der Waals surface area contributed by atoms with E-state index in [1.807, 2.05) is 45.0 Å². The molecular weight excluding hydrogens is 462 g/mol. The van der Waals surface area contributed by atoms with Crippen LogP contribution in [0.3, 0.4) is 0 Å². The monoisotopic (exact) mass is 493 g/mol. The number of amides is 2. The van der Waals surface area contributed by atoms with Crippen LogP contribution < -0.4 is 5.32 Å². The van der Waals surface area contributed by atoms with Gasteiger partial charge < -0.3 is 10.2 Å². The molecule has 33 heavy (non-hydrogen) atoms. The lowest BCUT2D eigenvalue weighted by molar-refractivity contribution is -0.140. The van der Waals surface area contributed by atoms with Crippen LogP contribution in [0.15, 0.2) is 53.4 Å². The van der Waals surface area contributed by atoms with Gasteiger partial charge in [0.2, 0.25) is 21.8 Å². The minimum absolute atomic E-state index is 0.0370. The summed E-state index contributed by atoms with van der Waals surface area (Å²) >= 11 is 5.86. The number of carbonyl (C=O) groups excluding carboxylic acids is 2. The van der Waals surface area contributed by atoms with Crippen LogP contribution in [0.1, 0.15) is 31.9 Å². The van der Waals surface area contributed by atoms with Gasteiger partial charge in [-0.05, 0) is 49.6 Å². The van der Waals surface area contributed by atoms with Crippen LogP contribution >= 0.6 is 11.6 Å². The molecule has 9 heteroatoms. The van der Waals surface area contributed by atoms with E-state index in [1.54, 1.807) is 6.92 Å². The van der Waals surface area contributed by atoms with Crippen LogP contribution in [0.25, 0.3) is 0 Å². The summed E-state index contributed by atoms with van der Waals surface area (Å²) in [7, 11) is -2.56. The number of halogens is 1. The average Bonchev–Trinajstić information content (AvgIpc) is 2.76. The molecule has 0 aliphatic carbocycles. The topological polar surface area (TPSA) is 86.8 Å². The summed E-state index contributed by atoms with van der Waals surface area (Å²) in [5, 5.41) is 3.26. The zero-order chi connectivity index (χ0) is 24.8. The van der Waals surface area contributed by atoms with Crippen LogP contribution in [0.4, 0.5) is 0 Å². The number of nitrogens with zero attached hydrogens (tertiary/aromatic N) is 2. The number of hydrogen-bond acceptors (Lipinski definition) is 4. The Morgan fingerprint density at radius 1 is 1.00 bits per heavy atom. The zero-order valence-corrected chi connectivity index (χ0v) is 21.3. The molecule has 1 unspecified atom stereocenters. The molecule has 0 aliphatic heterocycles. The molecule has 0 radical (unpaired) electrons.